The van der Waals surface area contributed by atoms with Gasteiger partial charge < -0.3 is 15.8 Å². The second-order valence-electron chi connectivity index (χ2n) is 6.10. The molecular formula is C19H22ClN3O2. The number of nitrogens with one attached hydrogen (secondary N) is 1. The summed E-state index contributed by atoms with van der Waals surface area (Å²) >= 11 is 6.22. The molecule has 0 spiro atoms. The number of carbonyl (C=O) groups excluding carboxylic acids is 1. The van der Waals surface area contributed by atoms with Crippen molar-refractivity contribution in [2.45, 2.75) is 13.1 Å². The third-order valence-electron chi connectivity index (χ3n) is 4.15. The number of benzene rings is 2. The summed E-state index contributed by atoms with van der Waals surface area (Å²) < 4.78 is 5.37. The average molecular weight is 360 g/mol. The van der Waals surface area contributed by atoms with Crippen molar-refractivity contribution in [3.8, 4) is 0 Å². The Balaban J connectivity index is 1.73. The van der Waals surface area contributed by atoms with Crippen LogP contribution in [0, 0.1) is 0 Å². The molecule has 1 aliphatic heterocycles. The first-order valence-electron chi connectivity index (χ1n) is 8.34. The molecule has 0 atom stereocenters. The van der Waals surface area contributed by atoms with Gasteiger partial charge in [-0.05, 0) is 41.5 Å². The smallest absolute Gasteiger partial charge is 0.255 e. The molecule has 132 valence electrons. The predicted octanol–water partition coefficient (Wildman–Crippen LogP) is 2.88. The lowest BCUT2D eigenvalue weighted by Gasteiger charge is -2.26. The monoisotopic (exact) mass is 359 g/mol. The molecule has 2 aromatic carbocycles. The van der Waals surface area contributed by atoms with Crippen molar-refractivity contribution < 1.29 is 9.53 Å². The van der Waals surface area contributed by atoms with Crippen LogP contribution in [0.2, 0.25) is 5.02 Å². The number of anilines is 1. The van der Waals surface area contributed by atoms with E-state index in [9.17, 15) is 4.79 Å². The van der Waals surface area contributed by atoms with E-state index >= 15 is 0 Å². The zero-order chi connectivity index (χ0) is 17.6. The second kappa shape index (κ2) is 8.45. The number of hydrogen-bond donors (Lipinski definition) is 2. The second-order valence-corrected chi connectivity index (χ2v) is 6.53. The number of rotatable bonds is 5. The SMILES string of the molecule is NCc1cccc(NC(=O)c2cc(Cl)cc(CN3CCOCC3)c2)c1. The fraction of sp³-hybridized carbons (Fsp3) is 0.316. The number of amides is 1. The highest BCUT2D eigenvalue weighted by Gasteiger charge is 2.14. The molecule has 1 heterocycles. The van der Waals surface area contributed by atoms with E-state index in [1.54, 1.807) is 6.07 Å². The summed E-state index contributed by atoms with van der Waals surface area (Å²) in [4.78, 5) is 14.9. The molecule has 25 heavy (non-hydrogen) atoms. The fourth-order valence-corrected chi connectivity index (χ4v) is 3.13. The first kappa shape index (κ1) is 17.9. The van der Waals surface area contributed by atoms with Gasteiger partial charge in [0.25, 0.3) is 5.91 Å². The highest BCUT2D eigenvalue weighted by Crippen LogP contribution is 2.19. The zero-order valence-corrected chi connectivity index (χ0v) is 14.8. The van der Waals surface area contributed by atoms with Crippen molar-refractivity contribution in [1.82, 2.24) is 4.90 Å². The van der Waals surface area contributed by atoms with Gasteiger partial charge in [0.1, 0.15) is 0 Å². The standard InChI is InChI=1S/C19H22ClN3O2/c20-17-9-15(13-23-4-6-25-7-5-23)8-16(11-17)19(24)22-18-3-1-2-14(10-18)12-21/h1-3,8-11H,4-7,12-13,21H2,(H,22,24). The minimum absolute atomic E-state index is 0.181. The number of hydrogen-bond acceptors (Lipinski definition) is 4. The normalized spacial score (nSPS) is 15.1. The van der Waals surface area contributed by atoms with Gasteiger partial charge in [0, 0.05) is 42.5 Å². The summed E-state index contributed by atoms with van der Waals surface area (Å²) in [7, 11) is 0. The minimum Gasteiger partial charge on any atom is -0.379 e. The van der Waals surface area contributed by atoms with Gasteiger partial charge in [-0.1, -0.05) is 23.7 Å². The van der Waals surface area contributed by atoms with Crippen LogP contribution in [-0.2, 0) is 17.8 Å². The highest BCUT2D eigenvalue weighted by molar-refractivity contribution is 6.31. The number of morpholine rings is 1. The van der Waals surface area contributed by atoms with Crippen molar-refractivity contribution in [3.05, 3.63) is 64.2 Å². The van der Waals surface area contributed by atoms with Crippen molar-refractivity contribution in [2.75, 3.05) is 31.6 Å². The molecule has 3 N–H and O–H groups in total. The van der Waals surface area contributed by atoms with Gasteiger partial charge in [-0.15, -0.1) is 0 Å². The molecule has 2 aromatic rings. The summed E-state index contributed by atoms with van der Waals surface area (Å²) in [6, 6.07) is 13.0. The summed E-state index contributed by atoms with van der Waals surface area (Å²) in [5.41, 5.74) is 8.91. The lowest BCUT2D eigenvalue weighted by Crippen LogP contribution is -2.35. The van der Waals surface area contributed by atoms with Crippen LogP contribution in [-0.4, -0.2) is 37.1 Å². The van der Waals surface area contributed by atoms with Gasteiger partial charge in [-0.3, -0.25) is 9.69 Å². The Kier molecular flexibility index (Phi) is 6.04. The van der Waals surface area contributed by atoms with Crippen LogP contribution >= 0.6 is 11.6 Å². The van der Waals surface area contributed by atoms with Gasteiger partial charge in [-0.25, -0.2) is 0 Å². The van der Waals surface area contributed by atoms with E-state index < -0.39 is 0 Å². The van der Waals surface area contributed by atoms with Crippen LogP contribution in [0.3, 0.4) is 0 Å². The van der Waals surface area contributed by atoms with Crippen LogP contribution in [0.25, 0.3) is 0 Å². The Morgan fingerprint density at radius 1 is 1.16 bits per heavy atom. The molecule has 3 rings (SSSR count). The molecule has 6 heteroatoms. The number of halogens is 1. The molecule has 0 unspecified atom stereocenters. The van der Waals surface area contributed by atoms with E-state index in [1.807, 2.05) is 36.4 Å². The third kappa shape index (κ3) is 5.03. The molecule has 0 aromatic heterocycles. The minimum atomic E-state index is -0.181. The van der Waals surface area contributed by atoms with Gasteiger partial charge in [0.15, 0.2) is 0 Å². The fourth-order valence-electron chi connectivity index (χ4n) is 2.87. The van der Waals surface area contributed by atoms with Gasteiger partial charge in [0.2, 0.25) is 0 Å². The summed E-state index contributed by atoms with van der Waals surface area (Å²) in [6.45, 7) is 4.45. The molecular weight excluding hydrogens is 338 g/mol. The van der Waals surface area contributed by atoms with Gasteiger partial charge in [-0.2, -0.15) is 0 Å². The average Bonchev–Trinajstić information content (AvgIpc) is 2.62. The molecule has 5 nitrogen and oxygen atoms in total. The largest absolute Gasteiger partial charge is 0.379 e. The van der Waals surface area contributed by atoms with E-state index in [-0.39, 0.29) is 5.91 Å². The molecule has 0 radical (unpaired) electrons. The van der Waals surface area contributed by atoms with Crippen molar-refractivity contribution in [2.24, 2.45) is 5.73 Å². The lowest BCUT2D eigenvalue weighted by molar-refractivity contribution is 0.0342. The summed E-state index contributed by atoms with van der Waals surface area (Å²) in [6.07, 6.45) is 0. The summed E-state index contributed by atoms with van der Waals surface area (Å²) in [5, 5.41) is 3.47. The van der Waals surface area contributed by atoms with Gasteiger partial charge in [0.05, 0.1) is 13.2 Å². The first-order valence-corrected chi connectivity index (χ1v) is 8.72. The Morgan fingerprint density at radius 2 is 1.96 bits per heavy atom. The maximum absolute atomic E-state index is 12.6. The van der Waals surface area contributed by atoms with E-state index in [1.165, 1.54) is 0 Å². The molecule has 1 amide bonds. The van der Waals surface area contributed by atoms with Gasteiger partial charge >= 0.3 is 0 Å². The molecule has 1 fully saturated rings. The predicted molar refractivity (Wildman–Crippen MR) is 99.8 cm³/mol. The molecule has 0 bridgehead atoms. The molecule has 0 aliphatic carbocycles. The van der Waals surface area contributed by atoms with E-state index in [0.717, 1.165) is 49.7 Å². The first-order chi connectivity index (χ1) is 12.1. The molecule has 1 aliphatic rings. The van der Waals surface area contributed by atoms with Crippen LogP contribution in [0.1, 0.15) is 21.5 Å². The molecule has 0 saturated carbocycles. The van der Waals surface area contributed by atoms with Crippen molar-refractivity contribution >= 4 is 23.2 Å². The molecule has 1 saturated heterocycles. The maximum atomic E-state index is 12.6. The van der Waals surface area contributed by atoms with E-state index in [4.69, 9.17) is 22.1 Å². The van der Waals surface area contributed by atoms with Crippen LogP contribution in [0.5, 0.6) is 0 Å². The Bertz CT molecular complexity index is 745. The zero-order valence-electron chi connectivity index (χ0n) is 14.0. The van der Waals surface area contributed by atoms with E-state index in [0.29, 0.717) is 17.1 Å². The summed E-state index contributed by atoms with van der Waals surface area (Å²) in [5.74, 6) is -0.181. The Labute approximate surface area is 152 Å². The van der Waals surface area contributed by atoms with Crippen LogP contribution < -0.4 is 11.1 Å². The third-order valence-corrected chi connectivity index (χ3v) is 4.37. The Hall–Kier alpha value is -1.92. The number of carbonyl (C=O) groups is 1. The van der Waals surface area contributed by atoms with Crippen LogP contribution in [0.15, 0.2) is 42.5 Å². The van der Waals surface area contributed by atoms with Crippen molar-refractivity contribution in [3.63, 3.8) is 0 Å². The number of nitrogens with zero attached hydrogens (tertiary/aromatic N) is 1. The quantitative estimate of drug-likeness (QED) is 0.861. The number of ether oxygens (including phenoxy) is 1. The van der Waals surface area contributed by atoms with Crippen LogP contribution in [0.4, 0.5) is 5.69 Å². The topological polar surface area (TPSA) is 67.6 Å². The Morgan fingerprint density at radius 3 is 2.72 bits per heavy atom. The number of nitrogens with two attached hydrogens (primary N) is 1. The van der Waals surface area contributed by atoms with E-state index in [2.05, 4.69) is 10.2 Å². The maximum Gasteiger partial charge on any atom is 0.255 e. The van der Waals surface area contributed by atoms with Crippen molar-refractivity contribution in [1.29, 1.82) is 0 Å². The highest BCUT2D eigenvalue weighted by atomic mass is 35.5. The lowest BCUT2D eigenvalue weighted by atomic mass is 10.1.